The molecule has 0 bridgehead atoms. The van der Waals surface area contributed by atoms with Gasteiger partial charge in [0, 0.05) is 10.6 Å². The molecular weight excluding hydrogens is 352 g/mol. The summed E-state index contributed by atoms with van der Waals surface area (Å²) in [5.74, 6) is -1.19. The summed E-state index contributed by atoms with van der Waals surface area (Å²) in [6.45, 7) is 3.96. The second-order valence-corrected chi connectivity index (χ2v) is 6.52. The van der Waals surface area contributed by atoms with Gasteiger partial charge in [-0.3, -0.25) is 10.2 Å². The molecule has 0 unspecified atom stereocenters. The number of nitrogens with zero attached hydrogens (tertiary/aromatic N) is 1. The van der Waals surface area contributed by atoms with Gasteiger partial charge in [-0.1, -0.05) is 41.4 Å². The van der Waals surface area contributed by atoms with Crippen molar-refractivity contribution in [2.45, 2.75) is 25.8 Å². The van der Waals surface area contributed by atoms with Gasteiger partial charge in [-0.25, -0.2) is 4.79 Å². The van der Waals surface area contributed by atoms with E-state index in [1.807, 2.05) is 31.2 Å². The number of hydrogen-bond acceptors (Lipinski definition) is 5. The molecule has 1 aliphatic heterocycles. The van der Waals surface area contributed by atoms with E-state index in [2.05, 4.69) is 10.5 Å². The third kappa shape index (κ3) is 3.63. The van der Waals surface area contributed by atoms with E-state index >= 15 is 0 Å². The zero-order valence-electron chi connectivity index (χ0n) is 14.5. The van der Waals surface area contributed by atoms with E-state index in [-0.39, 0.29) is 18.1 Å². The van der Waals surface area contributed by atoms with E-state index in [0.29, 0.717) is 10.6 Å². The fourth-order valence-corrected chi connectivity index (χ4v) is 3.07. The minimum atomic E-state index is -0.682. The van der Waals surface area contributed by atoms with Gasteiger partial charge < -0.3 is 4.74 Å². The molecule has 0 radical (unpaired) electrons. The minimum Gasteiger partial charge on any atom is -0.461 e. The summed E-state index contributed by atoms with van der Waals surface area (Å²) in [5.41, 5.74) is 5.47. The summed E-state index contributed by atoms with van der Waals surface area (Å²) >= 11 is 5.90. The fraction of sp³-hybridized carbons (Fsp3) is 0.250. The zero-order chi connectivity index (χ0) is 18.7. The Morgan fingerprint density at radius 3 is 2.38 bits per heavy atom. The van der Waals surface area contributed by atoms with Gasteiger partial charge in [-0.05, 0) is 43.7 Å². The summed E-state index contributed by atoms with van der Waals surface area (Å²) in [5, 5.41) is 4.68. The highest BCUT2D eigenvalue weighted by Crippen LogP contribution is 2.29. The third-order valence-corrected chi connectivity index (χ3v) is 4.54. The van der Waals surface area contributed by atoms with Crippen LogP contribution in [0.1, 0.15) is 34.3 Å². The number of ether oxygens (including phenoxy) is 1. The lowest BCUT2D eigenvalue weighted by Crippen LogP contribution is -2.37. The van der Waals surface area contributed by atoms with Crippen LogP contribution in [-0.2, 0) is 9.53 Å². The molecule has 1 aliphatic rings. The summed E-state index contributed by atoms with van der Waals surface area (Å²) in [6, 6.07) is 13.7. The number of aryl methyl sites for hydroxylation is 1. The molecule has 26 heavy (non-hydrogen) atoms. The highest BCUT2D eigenvalue weighted by molar-refractivity contribution is 6.40. The molecule has 0 amide bonds. The van der Waals surface area contributed by atoms with Gasteiger partial charge in [0.05, 0.1) is 12.5 Å². The SMILES string of the molecule is CCOC(=O)C1=NN[C@@H](C(=O)c2ccc(Cl)cc2)[C@H]1c1ccc(C)cc1. The maximum atomic E-state index is 13.0. The number of carbonyl (C=O) groups excluding carboxylic acids is 2. The Hall–Kier alpha value is -2.66. The molecule has 3 rings (SSSR count). The van der Waals surface area contributed by atoms with E-state index in [1.54, 1.807) is 31.2 Å². The van der Waals surface area contributed by atoms with Crippen LogP contribution in [0.5, 0.6) is 0 Å². The second kappa shape index (κ2) is 7.70. The van der Waals surface area contributed by atoms with Gasteiger partial charge in [0.1, 0.15) is 6.04 Å². The topological polar surface area (TPSA) is 67.8 Å². The van der Waals surface area contributed by atoms with Crippen molar-refractivity contribution in [2.24, 2.45) is 5.10 Å². The lowest BCUT2D eigenvalue weighted by Gasteiger charge is -2.20. The molecule has 1 heterocycles. The number of halogens is 1. The van der Waals surface area contributed by atoms with Crippen molar-refractivity contribution in [1.29, 1.82) is 0 Å². The van der Waals surface area contributed by atoms with Gasteiger partial charge in [0.2, 0.25) is 0 Å². The third-order valence-electron chi connectivity index (χ3n) is 4.28. The van der Waals surface area contributed by atoms with Crippen molar-refractivity contribution in [3.8, 4) is 0 Å². The quantitative estimate of drug-likeness (QED) is 0.646. The van der Waals surface area contributed by atoms with E-state index in [0.717, 1.165) is 11.1 Å². The number of nitrogens with one attached hydrogen (secondary N) is 1. The summed E-state index contributed by atoms with van der Waals surface area (Å²) in [7, 11) is 0. The molecule has 2 atom stereocenters. The molecule has 134 valence electrons. The van der Waals surface area contributed by atoms with Crippen molar-refractivity contribution in [1.82, 2.24) is 5.43 Å². The van der Waals surface area contributed by atoms with Crippen LogP contribution < -0.4 is 5.43 Å². The molecule has 6 heteroatoms. The summed E-state index contributed by atoms with van der Waals surface area (Å²) in [4.78, 5) is 25.3. The first kappa shape index (κ1) is 18.1. The molecule has 0 saturated heterocycles. The maximum Gasteiger partial charge on any atom is 0.355 e. The van der Waals surface area contributed by atoms with E-state index < -0.39 is 17.9 Å². The summed E-state index contributed by atoms with van der Waals surface area (Å²) in [6.07, 6.45) is 0. The maximum absolute atomic E-state index is 13.0. The number of Topliss-reactive ketones (excluding diaryl/α,β-unsaturated/α-hetero) is 1. The first-order valence-corrected chi connectivity index (χ1v) is 8.75. The highest BCUT2D eigenvalue weighted by atomic mass is 35.5. The Morgan fingerprint density at radius 1 is 1.12 bits per heavy atom. The van der Waals surface area contributed by atoms with Crippen molar-refractivity contribution >= 4 is 29.1 Å². The second-order valence-electron chi connectivity index (χ2n) is 6.08. The van der Waals surface area contributed by atoms with Crippen molar-refractivity contribution in [2.75, 3.05) is 6.61 Å². The van der Waals surface area contributed by atoms with Gasteiger partial charge in [-0.15, -0.1) is 0 Å². The summed E-state index contributed by atoms with van der Waals surface area (Å²) < 4.78 is 5.11. The Labute approximate surface area is 157 Å². The minimum absolute atomic E-state index is 0.157. The number of esters is 1. The number of hydrogen-bond donors (Lipinski definition) is 1. The van der Waals surface area contributed by atoms with Gasteiger partial charge >= 0.3 is 5.97 Å². The van der Waals surface area contributed by atoms with Crippen LogP contribution >= 0.6 is 11.6 Å². The van der Waals surface area contributed by atoms with Crippen LogP contribution in [0.15, 0.2) is 53.6 Å². The van der Waals surface area contributed by atoms with Crippen LogP contribution in [0, 0.1) is 6.92 Å². The first-order valence-electron chi connectivity index (χ1n) is 8.38. The van der Waals surface area contributed by atoms with E-state index in [4.69, 9.17) is 16.3 Å². The van der Waals surface area contributed by atoms with Crippen molar-refractivity contribution in [3.05, 3.63) is 70.2 Å². The molecule has 0 spiro atoms. The molecule has 5 nitrogen and oxygen atoms in total. The van der Waals surface area contributed by atoms with E-state index in [9.17, 15) is 9.59 Å². The number of rotatable bonds is 5. The average Bonchev–Trinajstić information content (AvgIpc) is 3.08. The monoisotopic (exact) mass is 370 g/mol. The molecule has 0 saturated carbocycles. The van der Waals surface area contributed by atoms with Gasteiger partial charge in [0.15, 0.2) is 11.5 Å². The predicted molar refractivity (Wildman–Crippen MR) is 101 cm³/mol. The standard InChI is InChI=1S/C20H19ClN2O3/c1-3-26-20(25)18-16(13-6-4-12(2)5-7-13)17(22-23-18)19(24)14-8-10-15(21)11-9-14/h4-11,16-17,22H,3H2,1-2H3/t16-,17-/m1/s1. The number of ketones is 1. The molecule has 2 aromatic carbocycles. The zero-order valence-corrected chi connectivity index (χ0v) is 15.3. The lowest BCUT2D eigenvalue weighted by molar-refractivity contribution is -0.135. The Balaban J connectivity index is 1.96. The van der Waals surface area contributed by atoms with Crippen molar-refractivity contribution < 1.29 is 14.3 Å². The highest BCUT2D eigenvalue weighted by Gasteiger charge is 2.41. The Morgan fingerprint density at radius 2 is 1.77 bits per heavy atom. The van der Waals surface area contributed by atoms with Crippen LogP contribution in [0.4, 0.5) is 0 Å². The van der Waals surface area contributed by atoms with Crippen molar-refractivity contribution in [3.63, 3.8) is 0 Å². The smallest absolute Gasteiger partial charge is 0.355 e. The molecule has 0 aliphatic carbocycles. The van der Waals surface area contributed by atoms with Crippen LogP contribution in [-0.4, -0.2) is 30.1 Å². The van der Waals surface area contributed by atoms with Gasteiger partial charge in [-0.2, -0.15) is 5.10 Å². The first-order chi connectivity index (χ1) is 12.5. The van der Waals surface area contributed by atoms with Gasteiger partial charge in [0.25, 0.3) is 0 Å². The predicted octanol–water partition coefficient (Wildman–Crippen LogP) is 3.51. The Kier molecular flexibility index (Phi) is 5.38. The molecule has 0 fully saturated rings. The molecular formula is C20H19ClN2O3. The molecule has 2 aromatic rings. The largest absolute Gasteiger partial charge is 0.461 e. The average molecular weight is 371 g/mol. The van der Waals surface area contributed by atoms with Crippen LogP contribution in [0.3, 0.4) is 0 Å². The fourth-order valence-electron chi connectivity index (χ4n) is 2.95. The number of hydrazone groups is 1. The van der Waals surface area contributed by atoms with Crippen LogP contribution in [0.2, 0.25) is 5.02 Å². The number of benzene rings is 2. The number of carbonyl (C=O) groups is 2. The molecule has 1 N–H and O–H groups in total. The van der Waals surface area contributed by atoms with E-state index in [1.165, 1.54) is 0 Å². The normalized spacial score (nSPS) is 18.8. The lowest BCUT2D eigenvalue weighted by atomic mass is 9.84. The molecule has 0 aromatic heterocycles. The van der Waals surface area contributed by atoms with Crippen LogP contribution in [0.25, 0.3) is 0 Å². The Bertz CT molecular complexity index is 844.